The minimum Gasteiger partial charge on any atom is -0.497 e. The second kappa shape index (κ2) is 8.45. The minimum absolute atomic E-state index is 0.00973. The highest BCUT2D eigenvalue weighted by Crippen LogP contribution is 2.29. The Morgan fingerprint density at radius 2 is 1.96 bits per heavy atom. The lowest BCUT2D eigenvalue weighted by Crippen LogP contribution is -2.36. The summed E-state index contributed by atoms with van der Waals surface area (Å²) in [5.41, 5.74) is 0.663. The van der Waals surface area contributed by atoms with Crippen molar-refractivity contribution in [3.8, 4) is 17.2 Å². The van der Waals surface area contributed by atoms with E-state index in [9.17, 15) is 9.59 Å². The molecule has 1 aromatic heterocycles. The average molecular weight is 388 g/mol. The van der Waals surface area contributed by atoms with E-state index in [0.717, 1.165) is 17.4 Å². The molecule has 0 radical (unpaired) electrons. The third kappa shape index (κ3) is 4.32. The third-order valence-corrected chi connectivity index (χ3v) is 4.67. The van der Waals surface area contributed by atoms with Crippen molar-refractivity contribution in [1.82, 2.24) is 5.27 Å². The van der Waals surface area contributed by atoms with Gasteiger partial charge in [-0.25, -0.2) is 4.79 Å². The quantitative estimate of drug-likeness (QED) is 0.475. The smallest absolute Gasteiger partial charge is 0.442 e. The lowest BCUT2D eigenvalue weighted by atomic mass is 10.2. The summed E-state index contributed by atoms with van der Waals surface area (Å²) in [6.45, 7) is 0. The van der Waals surface area contributed by atoms with Gasteiger partial charge in [0.25, 0.3) is 0 Å². The summed E-state index contributed by atoms with van der Waals surface area (Å²) in [5.74, 6) is 0.809. The lowest BCUT2D eigenvalue weighted by Gasteiger charge is -2.11. The van der Waals surface area contributed by atoms with Crippen LogP contribution in [0, 0.1) is 0 Å². The number of ether oxygens (including phenoxy) is 2. The number of nitrogens with zero attached hydrogens (tertiary/aromatic N) is 1. The molecule has 1 heterocycles. The van der Waals surface area contributed by atoms with Crippen LogP contribution in [0.4, 0.5) is 5.69 Å². The average Bonchev–Trinajstić information content (AvgIpc) is 3.07. The first-order valence-electron chi connectivity index (χ1n) is 7.96. The number of hydrogen-bond donors (Lipinski definition) is 2. The number of aromatic amines is 1. The number of amides is 1. The zero-order valence-electron chi connectivity index (χ0n) is 14.7. The van der Waals surface area contributed by atoms with Gasteiger partial charge in [0.05, 0.1) is 25.7 Å². The molecule has 140 valence electrons. The molecule has 0 saturated heterocycles. The van der Waals surface area contributed by atoms with Gasteiger partial charge in [0.2, 0.25) is 11.6 Å². The Bertz CT molecular complexity index is 984. The van der Waals surface area contributed by atoms with Crippen molar-refractivity contribution in [1.29, 1.82) is 0 Å². The van der Waals surface area contributed by atoms with E-state index in [1.54, 1.807) is 18.2 Å². The van der Waals surface area contributed by atoms with E-state index in [-0.39, 0.29) is 16.7 Å². The Hall–Kier alpha value is -3.20. The molecule has 1 amide bonds. The Labute approximate surface area is 159 Å². The molecule has 9 heteroatoms. The maximum Gasteiger partial charge on any atom is 0.442 e. The van der Waals surface area contributed by atoms with Crippen LogP contribution in [0.5, 0.6) is 11.5 Å². The summed E-state index contributed by atoms with van der Waals surface area (Å²) in [5, 5.41) is 5.57. The standard InChI is InChI=1S/C18H17N3O5S/c1-24-13-8-9-15(25-2)14(10-13)19-16(22)11-27-17-18(23)26-20-21(17)12-6-4-3-5-7-12/h3-10H,11H2,1-2H3,(H-,19,20,22,23)/p+1. The normalized spacial score (nSPS) is 10.4. The van der Waals surface area contributed by atoms with Crippen molar-refractivity contribution in [3.05, 3.63) is 59.0 Å². The van der Waals surface area contributed by atoms with Crippen LogP contribution in [0.15, 0.2) is 62.9 Å². The van der Waals surface area contributed by atoms with Gasteiger partial charge in [0.1, 0.15) is 11.5 Å². The van der Waals surface area contributed by atoms with Gasteiger partial charge in [0, 0.05) is 18.2 Å². The molecule has 0 spiro atoms. The van der Waals surface area contributed by atoms with Crippen molar-refractivity contribution >= 4 is 23.4 Å². The molecule has 3 aromatic rings. The summed E-state index contributed by atoms with van der Waals surface area (Å²) in [6.07, 6.45) is 0. The fraction of sp³-hybridized carbons (Fsp3) is 0.167. The molecule has 27 heavy (non-hydrogen) atoms. The van der Waals surface area contributed by atoms with Gasteiger partial charge in [-0.05, 0) is 33.8 Å². The first-order chi connectivity index (χ1) is 13.1. The van der Waals surface area contributed by atoms with Crippen LogP contribution >= 0.6 is 11.8 Å². The van der Waals surface area contributed by atoms with E-state index in [1.165, 1.54) is 18.9 Å². The summed E-state index contributed by atoms with van der Waals surface area (Å²) in [6, 6.07) is 14.3. The fourth-order valence-corrected chi connectivity index (χ4v) is 3.14. The van der Waals surface area contributed by atoms with Gasteiger partial charge >= 0.3 is 10.7 Å². The van der Waals surface area contributed by atoms with Crippen molar-refractivity contribution in [2.75, 3.05) is 25.3 Å². The number of rotatable bonds is 7. The molecule has 2 N–H and O–H groups in total. The Balaban J connectivity index is 1.72. The molecule has 8 nitrogen and oxygen atoms in total. The first-order valence-corrected chi connectivity index (χ1v) is 8.94. The molecule has 2 aromatic carbocycles. The van der Waals surface area contributed by atoms with Gasteiger partial charge < -0.3 is 14.8 Å². The molecule has 3 rings (SSSR count). The largest absolute Gasteiger partial charge is 0.497 e. The predicted molar refractivity (Wildman–Crippen MR) is 99.8 cm³/mol. The second-order valence-corrected chi connectivity index (χ2v) is 6.32. The molecular formula is C18H18N3O5S+. The number of carbonyl (C=O) groups is 1. The number of aromatic nitrogens is 2. The van der Waals surface area contributed by atoms with Crippen LogP contribution in [-0.2, 0) is 4.79 Å². The van der Waals surface area contributed by atoms with Crippen LogP contribution in [0.3, 0.4) is 0 Å². The summed E-state index contributed by atoms with van der Waals surface area (Å²) in [7, 11) is 3.05. The maximum atomic E-state index is 12.4. The van der Waals surface area contributed by atoms with Crippen molar-refractivity contribution in [2.24, 2.45) is 0 Å². The highest BCUT2D eigenvalue weighted by molar-refractivity contribution is 7.99. The van der Waals surface area contributed by atoms with Crippen LogP contribution in [-0.4, -0.2) is 31.2 Å². The van der Waals surface area contributed by atoms with Gasteiger partial charge in [0.15, 0.2) is 0 Å². The van der Waals surface area contributed by atoms with E-state index < -0.39 is 5.63 Å². The number of hydrogen-bond acceptors (Lipinski definition) is 6. The number of methoxy groups -OCH3 is 2. The van der Waals surface area contributed by atoms with E-state index in [4.69, 9.17) is 14.0 Å². The van der Waals surface area contributed by atoms with Crippen molar-refractivity contribution < 1.29 is 23.5 Å². The van der Waals surface area contributed by atoms with E-state index >= 15 is 0 Å². The topological polar surface area (TPSA) is 97.4 Å². The maximum absolute atomic E-state index is 12.4. The molecule has 0 fully saturated rings. The SMILES string of the molecule is COc1ccc(OC)c(NC(=O)CSc2c(=O)o[nH][n+]2-c2ccccc2)c1. The second-order valence-electron chi connectivity index (χ2n) is 5.36. The molecular weight excluding hydrogens is 370 g/mol. The van der Waals surface area contributed by atoms with Crippen LogP contribution < -0.4 is 25.1 Å². The summed E-state index contributed by atoms with van der Waals surface area (Å²) < 4.78 is 16.8. The van der Waals surface area contributed by atoms with E-state index in [2.05, 4.69) is 10.6 Å². The van der Waals surface area contributed by atoms with Crippen LogP contribution in [0.2, 0.25) is 0 Å². The number of thioether (sulfide) groups is 1. The number of benzene rings is 2. The zero-order valence-corrected chi connectivity index (χ0v) is 15.5. The molecule has 0 bridgehead atoms. The minimum atomic E-state index is -0.546. The molecule has 0 aliphatic carbocycles. The Kier molecular flexibility index (Phi) is 5.82. The number of nitrogens with one attached hydrogen (secondary N) is 2. The molecule has 0 atom stereocenters. The number of anilines is 1. The van der Waals surface area contributed by atoms with Crippen molar-refractivity contribution in [3.63, 3.8) is 0 Å². The monoisotopic (exact) mass is 388 g/mol. The zero-order chi connectivity index (χ0) is 19.2. The van der Waals surface area contributed by atoms with Crippen LogP contribution in [0.25, 0.3) is 5.69 Å². The van der Waals surface area contributed by atoms with Gasteiger partial charge in [-0.2, -0.15) is 0 Å². The van der Waals surface area contributed by atoms with E-state index in [0.29, 0.717) is 17.2 Å². The molecule has 0 unspecified atom stereocenters. The van der Waals surface area contributed by atoms with Gasteiger partial charge in [-0.15, -0.1) is 0 Å². The Morgan fingerprint density at radius 1 is 1.19 bits per heavy atom. The lowest BCUT2D eigenvalue weighted by molar-refractivity contribution is -0.704. The number of carbonyl (C=O) groups excluding carboxylic acids is 1. The molecule has 0 aliphatic rings. The van der Waals surface area contributed by atoms with Crippen LogP contribution in [0.1, 0.15) is 0 Å². The Morgan fingerprint density at radius 3 is 2.67 bits per heavy atom. The molecule has 0 saturated carbocycles. The summed E-state index contributed by atoms with van der Waals surface area (Å²) >= 11 is 1.07. The summed E-state index contributed by atoms with van der Waals surface area (Å²) in [4.78, 5) is 24.3. The third-order valence-electron chi connectivity index (χ3n) is 3.64. The number of para-hydroxylation sites is 1. The first kappa shape index (κ1) is 18.6. The van der Waals surface area contributed by atoms with E-state index in [1.807, 2.05) is 30.3 Å². The highest BCUT2D eigenvalue weighted by atomic mass is 32.2. The van der Waals surface area contributed by atoms with Gasteiger partial charge in [-0.3, -0.25) is 9.32 Å². The highest BCUT2D eigenvalue weighted by Gasteiger charge is 2.25. The fourth-order valence-electron chi connectivity index (χ4n) is 2.37. The van der Waals surface area contributed by atoms with Gasteiger partial charge in [-0.1, -0.05) is 18.2 Å². The molecule has 0 aliphatic heterocycles. The number of H-pyrrole nitrogens is 1. The van der Waals surface area contributed by atoms with Crippen molar-refractivity contribution in [2.45, 2.75) is 5.03 Å². The predicted octanol–water partition coefficient (Wildman–Crippen LogP) is 1.99.